The summed E-state index contributed by atoms with van der Waals surface area (Å²) in [6.07, 6.45) is -0.335. The second-order valence-corrected chi connectivity index (χ2v) is 12.7. The predicted octanol–water partition coefficient (Wildman–Crippen LogP) is 5.12. The molecule has 1 N–H and O–H groups in total. The van der Waals surface area contributed by atoms with E-state index in [0.717, 1.165) is 11.1 Å². The van der Waals surface area contributed by atoms with E-state index in [2.05, 4.69) is 0 Å². The highest BCUT2D eigenvalue weighted by Gasteiger charge is 2.58. The molecule has 2 aliphatic rings. The zero-order valence-corrected chi connectivity index (χ0v) is 24.3. The Bertz CT molecular complexity index is 1730. The molecule has 1 amide bonds. The Morgan fingerprint density at radius 3 is 2.28 bits per heavy atom. The fraction of sp³-hybridized carbons (Fsp3) is 0.235. The summed E-state index contributed by atoms with van der Waals surface area (Å²) in [7, 11) is -3.71. The van der Waals surface area contributed by atoms with Gasteiger partial charge in [-0.05, 0) is 48.0 Å². The summed E-state index contributed by atoms with van der Waals surface area (Å²) in [6, 6.07) is 32.7. The Hall–Kier alpha value is -4.47. The fourth-order valence-corrected chi connectivity index (χ4v) is 6.98. The van der Waals surface area contributed by atoms with Crippen molar-refractivity contribution in [2.75, 3.05) is 23.9 Å². The molecule has 0 unspecified atom stereocenters. The van der Waals surface area contributed by atoms with Crippen molar-refractivity contribution in [1.82, 2.24) is 0 Å². The lowest BCUT2D eigenvalue weighted by Crippen LogP contribution is -2.54. The highest BCUT2D eigenvalue weighted by Crippen LogP contribution is 2.50. The fourth-order valence-electron chi connectivity index (χ4n) is 5.59. The van der Waals surface area contributed by atoms with Gasteiger partial charge in [-0.15, -0.1) is 0 Å². The van der Waals surface area contributed by atoms with Crippen molar-refractivity contribution in [3.63, 3.8) is 0 Å². The maximum absolute atomic E-state index is 14.6. The quantitative estimate of drug-likeness (QED) is 0.241. The van der Waals surface area contributed by atoms with Gasteiger partial charge in [-0.2, -0.15) is 0 Å². The second-order valence-electron chi connectivity index (χ2n) is 10.6. The first-order valence-electron chi connectivity index (χ1n) is 14.2. The third kappa shape index (κ3) is 5.66. The maximum atomic E-state index is 14.6. The van der Waals surface area contributed by atoms with Crippen LogP contribution in [-0.2, 0) is 25.9 Å². The number of aliphatic hydroxyl groups is 1. The smallest absolute Gasteiger partial charge is 0.259 e. The monoisotopic (exact) mass is 596 g/mol. The molecule has 220 valence electrons. The van der Waals surface area contributed by atoms with Gasteiger partial charge >= 0.3 is 0 Å². The van der Waals surface area contributed by atoms with Crippen LogP contribution in [0.5, 0.6) is 5.75 Å². The third-order valence-electron chi connectivity index (χ3n) is 7.80. The Morgan fingerprint density at radius 2 is 1.56 bits per heavy atom. The van der Waals surface area contributed by atoms with Gasteiger partial charge in [-0.1, -0.05) is 66.7 Å². The van der Waals surface area contributed by atoms with Crippen LogP contribution in [0.3, 0.4) is 0 Å². The molecule has 0 saturated carbocycles. The number of aliphatic hydroxyl groups excluding tert-OH is 1. The SMILES string of the molecule is O=C1N(Cc2ccccc2)c2ccccc2[C@H]2OC(c3ccc(OCCCO)cc3)=N[C@@]12CCS(=O)(=O)c1ccccc1. The maximum Gasteiger partial charge on any atom is 0.259 e. The molecular weight excluding hydrogens is 564 g/mol. The van der Waals surface area contributed by atoms with Crippen LogP contribution < -0.4 is 9.64 Å². The molecule has 4 aromatic carbocycles. The first kappa shape index (κ1) is 28.6. The van der Waals surface area contributed by atoms with Gasteiger partial charge in [-0.3, -0.25) is 4.79 Å². The number of ether oxygens (including phenoxy) is 2. The van der Waals surface area contributed by atoms with Gasteiger partial charge < -0.3 is 19.5 Å². The number of benzene rings is 4. The first-order valence-corrected chi connectivity index (χ1v) is 15.9. The van der Waals surface area contributed by atoms with E-state index in [0.29, 0.717) is 36.6 Å². The van der Waals surface area contributed by atoms with Gasteiger partial charge in [0, 0.05) is 30.6 Å². The number of para-hydroxylation sites is 1. The molecule has 0 fully saturated rings. The van der Waals surface area contributed by atoms with Crippen molar-refractivity contribution >= 4 is 27.3 Å². The molecule has 0 aromatic heterocycles. The zero-order valence-electron chi connectivity index (χ0n) is 23.5. The number of sulfone groups is 1. The number of anilines is 1. The average molecular weight is 597 g/mol. The van der Waals surface area contributed by atoms with Gasteiger partial charge in [0.2, 0.25) is 5.90 Å². The number of hydrogen-bond donors (Lipinski definition) is 1. The molecule has 0 aliphatic carbocycles. The molecule has 0 bridgehead atoms. The van der Waals surface area contributed by atoms with E-state index in [1.165, 1.54) is 0 Å². The molecule has 43 heavy (non-hydrogen) atoms. The lowest BCUT2D eigenvalue weighted by Gasteiger charge is -2.41. The van der Waals surface area contributed by atoms with Crippen LogP contribution in [0.1, 0.15) is 35.6 Å². The van der Waals surface area contributed by atoms with E-state index < -0.39 is 21.5 Å². The lowest BCUT2D eigenvalue weighted by atomic mass is 9.80. The first-order chi connectivity index (χ1) is 20.9. The molecule has 6 rings (SSSR count). The van der Waals surface area contributed by atoms with E-state index >= 15 is 0 Å². The molecule has 0 radical (unpaired) electrons. The van der Waals surface area contributed by atoms with Gasteiger partial charge in [-0.25, -0.2) is 13.4 Å². The van der Waals surface area contributed by atoms with Crippen molar-refractivity contribution in [3.05, 3.63) is 126 Å². The highest BCUT2D eigenvalue weighted by molar-refractivity contribution is 7.91. The normalized spacial score (nSPS) is 19.3. The van der Waals surface area contributed by atoms with Gasteiger partial charge in [0.05, 0.1) is 29.5 Å². The number of fused-ring (bicyclic) bond motifs is 3. The highest BCUT2D eigenvalue weighted by atomic mass is 32.2. The number of aliphatic imine (C=N–C) groups is 1. The van der Waals surface area contributed by atoms with Crippen LogP contribution in [-0.4, -0.2) is 49.8 Å². The number of hydrogen-bond acceptors (Lipinski definition) is 7. The summed E-state index contributed by atoms with van der Waals surface area (Å²) in [5, 5.41) is 9.03. The van der Waals surface area contributed by atoms with Gasteiger partial charge in [0.15, 0.2) is 21.5 Å². The van der Waals surface area contributed by atoms with Crippen LogP contribution in [0.2, 0.25) is 0 Å². The number of rotatable bonds is 11. The Balaban J connectivity index is 1.41. The summed E-state index contributed by atoms with van der Waals surface area (Å²) < 4.78 is 39.0. The van der Waals surface area contributed by atoms with Crippen molar-refractivity contribution < 1.29 is 27.8 Å². The average Bonchev–Trinajstić information content (AvgIpc) is 3.45. The zero-order chi connectivity index (χ0) is 29.9. The Kier molecular flexibility index (Phi) is 8.01. The summed E-state index contributed by atoms with van der Waals surface area (Å²) in [5.41, 5.74) is 1.59. The topological polar surface area (TPSA) is 106 Å². The van der Waals surface area contributed by atoms with Crippen LogP contribution in [0.25, 0.3) is 0 Å². The Morgan fingerprint density at radius 1 is 0.884 bits per heavy atom. The van der Waals surface area contributed by atoms with Crippen LogP contribution in [0.4, 0.5) is 5.69 Å². The van der Waals surface area contributed by atoms with Crippen molar-refractivity contribution in [3.8, 4) is 5.75 Å². The molecule has 2 atom stereocenters. The minimum absolute atomic E-state index is 0.0446. The predicted molar refractivity (Wildman–Crippen MR) is 164 cm³/mol. The van der Waals surface area contributed by atoms with E-state index in [9.17, 15) is 13.2 Å². The summed E-state index contributed by atoms with van der Waals surface area (Å²) in [6.45, 7) is 0.737. The summed E-state index contributed by atoms with van der Waals surface area (Å²) in [4.78, 5) is 21.5. The Labute approximate surface area is 251 Å². The van der Waals surface area contributed by atoms with E-state index in [1.807, 2.05) is 54.6 Å². The molecule has 2 heterocycles. The number of carbonyl (C=O) groups is 1. The van der Waals surface area contributed by atoms with Crippen LogP contribution in [0.15, 0.2) is 119 Å². The molecular formula is C34H32N2O6S. The minimum Gasteiger partial charge on any atom is -0.494 e. The van der Waals surface area contributed by atoms with Gasteiger partial charge in [0.1, 0.15) is 5.75 Å². The third-order valence-corrected chi connectivity index (χ3v) is 9.53. The van der Waals surface area contributed by atoms with Gasteiger partial charge in [0.25, 0.3) is 5.91 Å². The molecule has 4 aromatic rings. The number of nitrogens with zero attached hydrogens (tertiary/aromatic N) is 2. The number of amides is 1. The van der Waals surface area contributed by atoms with E-state index in [4.69, 9.17) is 19.6 Å². The van der Waals surface area contributed by atoms with E-state index in [-0.39, 0.29) is 35.5 Å². The van der Waals surface area contributed by atoms with Crippen molar-refractivity contribution in [2.24, 2.45) is 4.99 Å². The number of carbonyl (C=O) groups excluding carboxylic acids is 1. The van der Waals surface area contributed by atoms with Crippen molar-refractivity contribution in [1.29, 1.82) is 0 Å². The van der Waals surface area contributed by atoms with Crippen molar-refractivity contribution in [2.45, 2.75) is 35.9 Å². The molecule has 8 nitrogen and oxygen atoms in total. The summed E-state index contributed by atoms with van der Waals surface area (Å²) in [5.74, 6) is 0.321. The molecule has 0 spiro atoms. The molecule has 2 aliphatic heterocycles. The second kappa shape index (κ2) is 12.0. The molecule has 0 saturated heterocycles. The molecule has 9 heteroatoms. The minimum atomic E-state index is -3.71. The van der Waals surface area contributed by atoms with Crippen LogP contribution in [0, 0.1) is 0 Å². The van der Waals surface area contributed by atoms with E-state index in [1.54, 1.807) is 59.5 Å². The standard InChI is InChI=1S/C34H32N2O6S/c37-21-9-22-41-27-18-16-26(17-19-27)32-35-34(20-23-43(39,40)28-12-5-2-6-13-28)31(42-32)29-14-7-8-15-30(29)36(33(34)38)24-25-10-3-1-4-11-25/h1-8,10-19,31,37H,9,20-24H2/t31-,34-/m1/s1. The largest absolute Gasteiger partial charge is 0.494 e. The summed E-state index contributed by atoms with van der Waals surface area (Å²) >= 11 is 0. The van der Waals surface area contributed by atoms with Crippen LogP contribution >= 0.6 is 0 Å². The lowest BCUT2D eigenvalue weighted by molar-refractivity contribution is -0.127.